The molecule has 0 bridgehead atoms. The number of ether oxygens (including phenoxy) is 3. The molecule has 0 aromatic carbocycles. The summed E-state index contributed by atoms with van der Waals surface area (Å²) in [4.78, 5) is 33.9. The van der Waals surface area contributed by atoms with Gasteiger partial charge in [0.15, 0.2) is 0 Å². The van der Waals surface area contributed by atoms with Crippen LogP contribution in [-0.2, 0) is 28.6 Å². The maximum Gasteiger partial charge on any atom is 0.302 e. The molecule has 126 valence electrons. The van der Waals surface area contributed by atoms with Crippen LogP contribution in [0.3, 0.4) is 0 Å². The Morgan fingerprint density at radius 1 is 0.955 bits per heavy atom. The fourth-order valence-corrected chi connectivity index (χ4v) is 2.88. The Morgan fingerprint density at radius 2 is 1.45 bits per heavy atom. The number of rotatable bonds is 5. The highest BCUT2D eigenvalue weighted by atomic mass is 16.6. The highest BCUT2D eigenvalue weighted by Crippen LogP contribution is 2.40. The van der Waals surface area contributed by atoms with E-state index in [1.807, 2.05) is 13.8 Å². The zero-order valence-corrected chi connectivity index (χ0v) is 13.9. The molecule has 1 fully saturated rings. The number of carbonyl (C=O) groups excluding carboxylic acids is 3. The first-order chi connectivity index (χ1) is 10.1. The molecule has 0 spiro atoms. The first-order valence-electron chi connectivity index (χ1n) is 7.24. The van der Waals surface area contributed by atoms with Crippen molar-refractivity contribution in [2.75, 3.05) is 26.3 Å². The van der Waals surface area contributed by atoms with Crippen LogP contribution in [0.5, 0.6) is 0 Å². The summed E-state index contributed by atoms with van der Waals surface area (Å²) in [6, 6.07) is 0. The fraction of sp³-hybridized carbons (Fsp3) is 0.800. The van der Waals surface area contributed by atoms with Gasteiger partial charge in [0.1, 0.15) is 19.3 Å². The molecule has 0 aromatic heterocycles. The third-order valence-electron chi connectivity index (χ3n) is 3.73. The van der Waals surface area contributed by atoms with Crippen molar-refractivity contribution in [1.29, 1.82) is 0 Å². The summed E-state index contributed by atoms with van der Waals surface area (Å²) in [6.45, 7) is 8.89. The zero-order valence-electron chi connectivity index (χ0n) is 13.9. The quantitative estimate of drug-likeness (QED) is 0.588. The predicted molar refractivity (Wildman–Crippen MR) is 77.9 cm³/mol. The smallest absolute Gasteiger partial charge is 0.302 e. The van der Waals surface area contributed by atoms with Gasteiger partial charge in [-0.25, -0.2) is 0 Å². The Bertz CT molecular complexity index is 427. The number of carbonyl (C=O) groups is 3. The van der Waals surface area contributed by atoms with E-state index >= 15 is 0 Å². The third kappa shape index (κ3) is 4.69. The topological polar surface area (TPSA) is 90.9 Å². The van der Waals surface area contributed by atoms with Crippen LogP contribution in [0.25, 0.3) is 0 Å². The molecule has 0 saturated carbocycles. The molecule has 1 heterocycles. The van der Waals surface area contributed by atoms with Gasteiger partial charge in [-0.2, -0.15) is 0 Å². The van der Waals surface area contributed by atoms with Crippen LogP contribution >= 0.6 is 0 Å². The van der Waals surface area contributed by atoms with E-state index in [-0.39, 0.29) is 13.2 Å². The van der Waals surface area contributed by atoms with Gasteiger partial charge < -0.3 is 19.5 Å². The van der Waals surface area contributed by atoms with Crippen molar-refractivity contribution in [1.82, 2.24) is 5.32 Å². The van der Waals surface area contributed by atoms with Gasteiger partial charge in [-0.15, -0.1) is 0 Å². The SMILES string of the molecule is CC(=O)OCC1(COC(C)=O)CNCC(C)(C)C1OC(C)=O. The Labute approximate surface area is 130 Å². The molecule has 0 aromatic rings. The maximum absolute atomic E-state index is 11.5. The second-order valence-electron chi connectivity index (χ2n) is 6.50. The molecule has 1 N–H and O–H groups in total. The molecular formula is C15H25NO6. The van der Waals surface area contributed by atoms with E-state index in [4.69, 9.17) is 14.2 Å². The predicted octanol–water partition coefficient (Wildman–Crippen LogP) is 0.660. The van der Waals surface area contributed by atoms with Crippen LogP contribution in [0, 0.1) is 10.8 Å². The number of hydrogen-bond donors (Lipinski definition) is 1. The minimum absolute atomic E-state index is 0.00396. The molecule has 1 unspecified atom stereocenters. The first kappa shape index (κ1) is 18.4. The molecule has 7 nitrogen and oxygen atoms in total. The summed E-state index contributed by atoms with van der Waals surface area (Å²) in [5.74, 6) is -1.30. The Balaban J connectivity index is 3.11. The van der Waals surface area contributed by atoms with Crippen LogP contribution in [-0.4, -0.2) is 50.3 Å². The summed E-state index contributed by atoms with van der Waals surface area (Å²) in [7, 11) is 0. The lowest BCUT2D eigenvalue weighted by Gasteiger charge is -2.50. The second-order valence-corrected chi connectivity index (χ2v) is 6.50. The minimum Gasteiger partial charge on any atom is -0.465 e. The Kier molecular flexibility index (Phi) is 5.93. The monoisotopic (exact) mass is 315 g/mol. The molecule has 1 saturated heterocycles. The number of nitrogens with one attached hydrogen (secondary N) is 1. The standard InChI is InChI=1S/C15H25NO6/c1-10(17)20-8-15(9-21-11(2)18)7-16-6-14(4,5)13(15)22-12(3)19/h13,16H,6-9H2,1-5H3. The second kappa shape index (κ2) is 7.09. The minimum atomic E-state index is -0.815. The molecule has 1 rings (SSSR count). The Morgan fingerprint density at radius 3 is 1.86 bits per heavy atom. The molecule has 0 radical (unpaired) electrons. The average molecular weight is 315 g/mol. The molecule has 0 aliphatic carbocycles. The van der Waals surface area contributed by atoms with Crippen LogP contribution in [0.4, 0.5) is 0 Å². The van der Waals surface area contributed by atoms with Crippen LogP contribution in [0.1, 0.15) is 34.6 Å². The van der Waals surface area contributed by atoms with E-state index in [1.165, 1.54) is 20.8 Å². The van der Waals surface area contributed by atoms with E-state index in [1.54, 1.807) is 0 Å². The van der Waals surface area contributed by atoms with Gasteiger partial charge in [0.05, 0.1) is 5.41 Å². The van der Waals surface area contributed by atoms with E-state index in [0.717, 1.165) is 0 Å². The molecule has 1 aliphatic rings. The van der Waals surface area contributed by atoms with Crippen molar-refractivity contribution in [2.24, 2.45) is 10.8 Å². The molecule has 1 atom stereocenters. The van der Waals surface area contributed by atoms with Crippen LogP contribution < -0.4 is 5.32 Å². The van der Waals surface area contributed by atoms with Crippen molar-refractivity contribution >= 4 is 17.9 Å². The molecule has 22 heavy (non-hydrogen) atoms. The highest BCUT2D eigenvalue weighted by Gasteiger charge is 2.53. The lowest BCUT2D eigenvalue weighted by Crippen LogP contribution is -2.64. The largest absolute Gasteiger partial charge is 0.465 e. The van der Waals surface area contributed by atoms with Gasteiger partial charge in [-0.05, 0) is 0 Å². The van der Waals surface area contributed by atoms with Crippen LogP contribution in [0.2, 0.25) is 0 Å². The molecular weight excluding hydrogens is 290 g/mol. The fourth-order valence-electron chi connectivity index (χ4n) is 2.88. The van der Waals surface area contributed by atoms with Gasteiger partial charge in [-0.1, -0.05) is 13.8 Å². The van der Waals surface area contributed by atoms with Gasteiger partial charge >= 0.3 is 17.9 Å². The van der Waals surface area contributed by atoms with Crippen molar-refractivity contribution in [3.8, 4) is 0 Å². The summed E-state index contributed by atoms with van der Waals surface area (Å²) in [6.07, 6.45) is -0.544. The van der Waals surface area contributed by atoms with Gasteiger partial charge in [0, 0.05) is 39.3 Å². The summed E-state index contributed by atoms with van der Waals surface area (Å²) >= 11 is 0. The third-order valence-corrected chi connectivity index (χ3v) is 3.73. The van der Waals surface area contributed by atoms with Crippen molar-refractivity contribution < 1.29 is 28.6 Å². The van der Waals surface area contributed by atoms with E-state index in [9.17, 15) is 14.4 Å². The zero-order chi connectivity index (χ0) is 17.0. The average Bonchev–Trinajstić information content (AvgIpc) is 2.37. The van der Waals surface area contributed by atoms with E-state index < -0.39 is 34.8 Å². The lowest BCUT2D eigenvalue weighted by molar-refractivity contribution is -0.190. The van der Waals surface area contributed by atoms with Gasteiger partial charge in [-0.3, -0.25) is 14.4 Å². The normalized spacial score (nSPS) is 22.5. The highest BCUT2D eigenvalue weighted by molar-refractivity contribution is 5.67. The van der Waals surface area contributed by atoms with Crippen molar-refractivity contribution in [2.45, 2.75) is 40.7 Å². The Hall–Kier alpha value is -1.63. The number of piperidine rings is 1. The van der Waals surface area contributed by atoms with Gasteiger partial charge in [0.25, 0.3) is 0 Å². The summed E-state index contributed by atoms with van der Waals surface area (Å²) < 4.78 is 15.8. The summed E-state index contributed by atoms with van der Waals surface area (Å²) in [5.41, 5.74) is -1.21. The molecule has 1 aliphatic heterocycles. The molecule has 7 heteroatoms. The van der Waals surface area contributed by atoms with E-state index in [0.29, 0.717) is 13.1 Å². The summed E-state index contributed by atoms with van der Waals surface area (Å²) in [5, 5.41) is 3.24. The number of hydrogen-bond acceptors (Lipinski definition) is 7. The lowest BCUT2D eigenvalue weighted by atomic mass is 9.67. The first-order valence-corrected chi connectivity index (χ1v) is 7.24. The van der Waals surface area contributed by atoms with Crippen molar-refractivity contribution in [3.63, 3.8) is 0 Å². The molecule has 0 amide bonds. The van der Waals surface area contributed by atoms with Gasteiger partial charge in [0.2, 0.25) is 0 Å². The number of esters is 3. The van der Waals surface area contributed by atoms with Crippen LogP contribution in [0.15, 0.2) is 0 Å². The van der Waals surface area contributed by atoms with E-state index in [2.05, 4.69) is 5.32 Å². The maximum atomic E-state index is 11.5. The van der Waals surface area contributed by atoms with Crippen molar-refractivity contribution in [3.05, 3.63) is 0 Å².